The summed E-state index contributed by atoms with van der Waals surface area (Å²) in [7, 11) is 0. The van der Waals surface area contributed by atoms with Crippen LogP contribution in [0.5, 0.6) is 126 Å². The minimum absolute atomic E-state index is 0.0178. The Hall–Kier alpha value is -12.2. The molecule has 0 radical (unpaired) electrons. The lowest BCUT2D eigenvalue weighted by atomic mass is 9.76. The van der Waals surface area contributed by atoms with Gasteiger partial charge in [-0.3, -0.25) is 28.8 Å². The van der Waals surface area contributed by atoms with Crippen molar-refractivity contribution in [2.75, 3.05) is 0 Å². The predicted octanol–water partition coefficient (Wildman–Crippen LogP) is 37.4. The van der Waals surface area contributed by atoms with Crippen LogP contribution in [0.1, 0.15) is 459 Å². The number of carbonyl (C=O) groups is 6. The number of nitrogens with zero attached hydrogens (tertiary/aromatic N) is 2. The van der Waals surface area contributed by atoms with E-state index in [1.807, 2.05) is 54.6 Å². The fourth-order valence-corrected chi connectivity index (χ4v) is 20.3. The van der Waals surface area contributed by atoms with E-state index in [0.717, 1.165) is 223 Å². The molecular weight excluding hydrogens is 1840 g/mol. The van der Waals surface area contributed by atoms with E-state index in [9.17, 15) is 28.8 Å². The summed E-state index contributed by atoms with van der Waals surface area (Å²) in [5, 5.41) is 9.90. The lowest BCUT2D eigenvalue weighted by Crippen LogP contribution is -2.13. The average Bonchev–Trinajstić information content (AvgIpc) is 1.54. The summed E-state index contributed by atoms with van der Waals surface area (Å²) in [6, 6.07) is 40.0. The van der Waals surface area contributed by atoms with E-state index in [2.05, 4.69) is 84.9 Å². The topological polar surface area (TPSA) is 256 Å². The van der Waals surface area contributed by atoms with Crippen molar-refractivity contribution in [1.29, 1.82) is 0 Å². The van der Waals surface area contributed by atoms with Crippen molar-refractivity contribution in [2.45, 2.75) is 414 Å². The third kappa shape index (κ3) is 29.2. The summed E-state index contributed by atoms with van der Waals surface area (Å²) >= 11 is 0. The third-order valence-corrected chi connectivity index (χ3v) is 28.7. The number of benzene rings is 9. The molecule has 9 aromatic rings. The summed E-state index contributed by atoms with van der Waals surface area (Å²) in [5.74, 6) is -2.42. The molecule has 9 aromatic carbocycles. The molecule has 4 unspecified atom stereocenters. The fraction of sp³-hybridized carbons (Fsp3) is 0.516. The van der Waals surface area contributed by atoms with Crippen LogP contribution < -0.4 is 66.3 Å². The first-order chi connectivity index (χ1) is 71.0. The van der Waals surface area contributed by atoms with E-state index in [4.69, 9.17) is 76.5 Å². The Labute approximate surface area is 865 Å². The zero-order chi connectivity index (χ0) is 103. The van der Waals surface area contributed by atoms with Crippen LogP contribution in [0.3, 0.4) is 0 Å². The molecule has 8 bridgehead atoms. The molecule has 0 saturated carbocycles. The van der Waals surface area contributed by atoms with Gasteiger partial charge in [-0.05, 0) is 85.2 Å². The Bertz CT molecular complexity index is 5930. The first-order valence-corrected chi connectivity index (χ1v) is 55.6. The maximum atomic E-state index is 14.0. The number of fused-ring (bicyclic) bond motifs is 4. The molecule has 782 valence electrons. The number of esters is 6. The Balaban J connectivity index is 1.16. The highest BCUT2D eigenvalue weighted by molar-refractivity contribution is 5.81. The number of rotatable bonds is 54. The van der Waals surface area contributed by atoms with E-state index in [0.29, 0.717) is 94.6 Å². The highest BCUT2D eigenvalue weighted by Gasteiger charge is 2.41. The van der Waals surface area contributed by atoms with Gasteiger partial charge in [0.1, 0.15) is 46.0 Å². The molecule has 5 aliphatic rings. The van der Waals surface area contributed by atoms with E-state index in [1.165, 1.54) is 69.9 Å². The first-order valence-electron chi connectivity index (χ1n) is 55.6. The van der Waals surface area contributed by atoms with Crippen molar-refractivity contribution in [2.24, 2.45) is 10.2 Å². The number of hydrogen-bond donors (Lipinski definition) is 0. The molecule has 0 aromatic heterocycles. The van der Waals surface area contributed by atoms with Gasteiger partial charge in [-0.1, -0.05) is 333 Å². The van der Waals surface area contributed by atoms with Crippen LogP contribution in [0.2, 0.25) is 0 Å². The van der Waals surface area contributed by atoms with Crippen LogP contribution in [0, 0.1) is 0 Å². The predicted molar refractivity (Wildman–Crippen MR) is 572 cm³/mol. The van der Waals surface area contributed by atoms with E-state index < -0.39 is 59.5 Å². The number of azo groups is 1. The minimum atomic E-state index is -0.624. The van der Waals surface area contributed by atoms with Gasteiger partial charge in [0, 0.05) is 173 Å². The maximum Gasteiger partial charge on any atom is 0.311 e. The van der Waals surface area contributed by atoms with Crippen molar-refractivity contribution >= 4 is 47.2 Å². The van der Waals surface area contributed by atoms with Gasteiger partial charge in [0.2, 0.25) is 0 Å². The van der Waals surface area contributed by atoms with E-state index >= 15 is 0 Å². The van der Waals surface area contributed by atoms with Gasteiger partial charge in [0.25, 0.3) is 0 Å². The molecule has 0 spiro atoms. The van der Waals surface area contributed by atoms with Gasteiger partial charge in [0.15, 0.2) is 80.5 Å². The molecule has 4 atom stereocenters. The Morgan fingerprint density at radius 2 is 0.418 bits per heavy atom. The summed E-state index contributed by atoms with van der Waals surface area (Å²) in [4.78, 5) is 84.0. The summed E-state index contributed by atoms with van der Waals surface area (Å²) in [6.07, 6.45) is 40.3. The van der Waals surface area contributed by atoms with Crippen LogP contribution in [-0.4, -0.2) is 35.8 Å². The summed E-state index contributed by atoms with van der Waals surface area (Å²) < 4.78 is 99.8. The van der Waals surface area contributed by atoms with Crippen molar-refractivity contribution in [1.82, 2.24) is 0 Å². The van der Waals surface area contributed by atoms with Gasteiger partial charge in [-0.2, -0.15) is 10.2 Å². The standard InChI is InChI=1S/C124H156N2O20/c1-14-24-28-32-36-40-44-48-52-59-84-88-67-90-85(60-53-49-45-41-37-33-29-25-15-2)92-69-94-87(62-55-51-47-43-39-35-31-27-17-4)95-70-93-86(61-54-50-46-42-38-34-30-26-16-3)91-68-89(84)98-72-100(91)136-108-77-114(143-120(129)20-7)115(144-121(130)21-8)78-109(108)138-102(93)74-104(95)140-111-80-117(146-123(132)23-10)116(145-122(131)22-9)79-110(111)139-103(94)73-101(92)137-107-76-113(142-119(128)19-6)112(141-118(127)18-5)75-106(107)135-99(90)71-97(88)133-96-64-63-83(66-105(96)134-98)126-125-82-58-56-57-81(65-82)124(11,12)13/h56-58,63-80,84-87H,14-55,59-62H2,1-13H3. The number of carbonyl (C=O) groups excluding carboxylic acids is 6. The zero-order valence-corrected chi connectivity index (χ0v) is 89.0. The second kappa shape index (κ2) is 54.5. The molecular formula is C124H156N2O20. The second-order valence-corrected chi connectivity index (χ2v) is 41.0. The Kier molecular flexibility index (Phi) is 40.8. The van der Waals surface area contributed by atoms with Crippen LogP contribution in [0.25, 0.3) is 0 Å². The lowest BCUT2D eigenvalue weighted by molar-refractivity contribution is -0.136. The van der Waals surface area contributed by atoms with E-state index in [1.54, 1.807) is 65.8 Å². The maximum absolute atomic E-state index is 14.0. The average molecular weight is 1990 g/mol. The lowest BCUT2D eigenvalue weighted by Gasteiger charge is -2.30. The molecule has 0 saturated heterocycles. The monoisotopic (exact) mass is 1990 g/mol. The number of hydrogen-bond acceptors (Lipinski definition) is 22. The highest BCUT2D eigenvalue weighted by Crippen LogP contribution is 2.62. The van der Waals surface area contributed by atoms with Crippen LogP contribution in [0.4, 0.5) is 11.4 Å². The summed E-state index contributed by atoms with van der Waals surface area (Å²) in [5.41, 5.74) is 8.31. The smallest absolute Gasteiger partial charge is 0.311 e. The fourth-order valence-electron chi connectivity index (χ4n) is 20.3. The molecule has 0 fully saturated rings. The molecule has 146 heavy (non-hydrogen) atoms. The third-order valence-electron chi connectivity index (χ3n) is 28.7. The Morgan fingerprint density at radius 3 is 0.630 bits per heavy atom. The normalized spacial score (nSPS) is 14.8. The zero-order valence-electron chi connectivity index (χ0n) is 89.0. The van der Waals surface area contributed by atoms with Crippen LogP contribution >= 0.6 is 0 Å². The van der Waals surface area contributed by atoms with Crippen LogP contribution in [-0.2, 0) is 34.2 Å². The van der Waals surface area contributed by atoms with Gasteiger partial charge < -0.3 is 66.3 Å². The van der Waals surface area contributed by atoms with Gasteiger partial charge >= 0.3 is 35.8 Å². The van der Waals surface area contributed by atoms with Crippen LogP contribution in [0.15, 0.2) is 138 Å². The van der Waals surface area contributed by atoms with Gasteiger partial charge in [-0.15, -0.1) is 0 Å². The molecule has 0 amide bonds. The Morgan fingerprint density at radius 1 is 0.219 bits per heavy atom. The first kappa shape index (κ1) is 109. The summed E-state index contributed by atoms with van der Waals surface area (Å²) in [6.45, 7) is 25.7. The number of unbranched alkanes of at least 4 members (excludes halogenated alkanes) is 32. The SMILES string of the molecule is CCCCCCCCCCCC1c2cc3c4cc2Oc2ccc(N=Nc5cccc(C(C)(C)C)c5)cc2Oc2cc5c(cc21)C(CCCCCCCCCCC)c1cc2c(cc1Oc1cc(OC(=O)CC)c(OC(=O)CC)cc1O5)Oc1cc(OC(=O)CC)c(OC(=O)CC)cc1Oc1cc(c(cc1C2CCCCCCCCCCC)C3CCCCCCCCCCC)Oc1cc(OC(=O)CC)c(OC(=O)CC)cc1O4. The molecule has 22 nitrogen and oxygen atoms in total. The van der Waals surface area contributed by atoms with Crippen molar-refractivity contribution in [3.05, 3.63) is 177 Å². The quantitative estimate of drug-likeness (QED) is 0.0148. The second-order valence-electron chi connectivity index (χ2n) is 41.0. The van der Waals surface area contributed by atoms with E-state index in [-0.39, 0.29) is 113 Å². The van der Waals surface area contributed by atoms with Crippen molar-refractivity contribution < 1.29 is 95.1 Å². The van der Waals surface area contributed by atoms with Gasteiger partial charge in [0.05, 0.1) is 11.4 Å². The molecule has 4 heterocycles. The van der Waals surface area contributed by atoms with Crippen molar-refractivity contribution in [3.8, 4) is 126 Å². The molecule has 1 aliphatic carbocycles. The molecule has 22 heteroatoms. The minimum Gasteiger partial charge on any atom is -0.453 e. The molecule has 14 rings (SSSR count). The molecule has 4 aliphatic heterocycles. The number of ether oxygens (including phenoxy) is 14. The molecule has 0 N–H and O–H groups in total. The van der Waals surface area contributed by atoms with Crippen molar-refractivity contribution in [3.63, 3.8) is 0 Å². The van der Waals surface area contributed by atoms with Gasteiger partial charge in [-0.25, -0.2) is 0 Å². The highest BCUT2D eigenvalue weighted by atomic mass is 16.6. The largest absolute Gasteiger partial charge is 0.453 e.